The molecule has 2 aromatic rings. The Kier molecular flexibility index (Phi) is 4.17. The minimum absolute atomic E-state index is 0.109. The molecule has 19 heavy (non-hydrogen) atoms. The number of aromatic nitrogens is 1. The molecule has 2 rings (SSSR count). The molecule has 0 aliphatic rings. The van der Waals surface area contributed by atoms with E-state index in [9.17, 15) is 0 Å². The molecule has 100 valence electrons. The lowest BCUT2D eigenvalue weighted by Gasteiger charge is -2.21. The quantitative estimate of drug-likeness (QED) is 0.913. The maximum atomic E-state index is 5.42. The van der Waals surface area contributed by atoms with Crippen LogP contribution in [-0.4, -0.2) is 19.1 Å². The second-order valence-corrected chi connectivity index (χ2v) is 4.70. The van der Waals surface area contributed by atoms with Crippen molar-refractivity contribution < 1.29 is 4.74 Å². The first kappa shape index (κ1) is 13.6. The van der Waals surface area contributed by atoms with Crippen LogP contribution in [0.15, 0.2) is 36.7 Å². The Labute approximate surface area is 114 Å². The van der Waals surface area contributed by atoms with Crippen LogP contribution in [0.25, 0.3) is 0 Å². The van der Waals surface area contributed by atoms with Crippen molar-refractivity contribution in [1.82, 2.24) is 10.3 Å². The Morgan fingerprint density at radius 1 is 1.16 bits per heavy atom. The second kappa shape index (κ2) is 5.85. The van der Waals surface area contributed by atoms with Gasteiger partial charge in [-0.15, -0.1) is 0 Å². The van der Waals surface area contributed by atoms with Gasteiger partial charge in [-0.1, -0.05) is 23.8 Å². The molecule has 0 spiro atoms. The number of methoxy groups -OCH3 is 1. The fourth-order valence-electron chi connectivity index (χ4n) is 2.35. The van der Waals surface area contributed by atoms with E-state index < -0.39 is 0 Å². The average Bonchev–Trinajstić information content (AvgIpc) is 2.44. The van der Waals surface area contributed by atoms with Crippen molar-refractivity contribution in [3.8, 4) is 5.75 Å². The van der Waals surface area contributed by atoms with Crippen molar-refractivity contribution in [2.45, 2.75) is 19.9 Å². The molecule has 1 atom stereocenters. The van der Waals surface area contributed by atoms with Crippen molar-refractivity contribution in [1.29, 1.82) is 0 Å². The third-order valence-corrected chi connectivity index (χ3v) is 3.38. The van der Waals surface area contributed by atoms with E-state index in [-0.39, 0.29) is 6.04 Å². The van der Waals surface area contributed by atoms with Gasteiger partial charge in [0.2, 0.25) is 0 Å². The standard InChI is InChI=1S/C16H20N2O/c1-11-5-6-12(2)14(9-11)16(17-3)13-7-8-18-10-15(13)19-4/h5-10,16-17H,1-4H3. The summed E-state index contributed by atoms with van der Waals surface area (Å²) in [6.45, 7) is 4.24. The lowest BCUT2D eigenvalue weighted by molar-refractivity contribution is 0.403. The molecule has 1 aromatic carbocycles. The molecule has 1 N–H and O–H groups in total. The summed E-state index contributed by atoms with van der Waals surface area (Å²) in [5.41, 5.74) is 4.90. The molecule has 0 fully saturated rings. The molecule has 0 aliphatic heterocycles. The Hall–Kier alpha value is -1.87. The maximum Gasteiger partial charge on any atom is 0.142 e. The normalized spacial score (nSPS) is 12.2. The summed E-state index contributed by atoms with van der Waals surface area (Å²) in [7, 11) is 3.64. The van der Waals surface area contributed by atoms with Crippen LogP contribution in [0, 0.1) is 13.8 Å². The zero-order valence-corrected chi connectivity index (χ0v) is 11.9. The zero-order chi connectivity index (χ0) is 13.8. The molecule has 0 saturated heterocycles. The summed E-state index contributed by atoms with van der Waals surface area (Å²) in [6.07, 6.45) is 3.55. The van der Waals surface area contributed by atoms with Crippen LogP contribution in [0.4, 0.5) is 0 Å². The minimum atomic E-state index is 0.109. The van der Waals surface area contributed by atoms with Gasteiger partial charge in [0, 0.05) is 11.8 Å². The molecule has 0 radical (unpaired) electrons. The molecule has 0 bridgehead atoms. The summed E-state index contributed by atoms with van der Waals surface area (Å²) >= 11 is 0. The summed E-state index contributed by atoms with van der Waals surface area (Å²) in [5, 5.41) is 3.37. The highest BCUT2D eigenvalue weighted by molar-refractivity contribution is 5.43. The van der Waals surface area contributed by atoms with E-state index in [2.05, 4.69) is 42.3 Å². The van der Waals surface area contributed by atoms with Gasteiger partial charge in [-0.25, -0.2) is 0 Å². The Balaban J connectivity index is 2.53. The van der Waals surface area contributed by atoms with E-state index in [1.54, 1.807) is 19.5 Å². The lowest BCUT2D eigenvalue weighted by Crippen LogP contribution is -2.19. The Morgan fingerprint density at radius 3 is 2.63 bits per heavy atom. The molecule has 1 heterocycles. The van der Waals surface area contributed by atoms with Crippen molar-refractivity contribution in [2.75, 3.05) is 14.2 Å². The molecule has 1 unspecified atom stereocenters. The van der Waals surface area contributed by atoms with Crippen LogP contribution in [0.3, 0.4) is 0 Å². The molecule has 0 saturated carbocycles. The summed E-state index contributed by atoms with van der Waals surface area (Å²) in [4.78, 5) is 4.11. The fourth-order valence-corrected chi connectivity index (χ4v) is 2.35. The Bertz CT molecular complexity index is 566. The largest absolute Gasteiger partial charge is 0.495 e. The SMILES string of the molecule is CNC(c1cc(C)ccc1C)c1ccncc1OC. The van der Waals surface area contributed by atoms with Crippen LogP contribution in [0.2, 0.25) is 0 Å². The molecular formula is C16H20N2O. The van der Waals surface area contributed by atoms with Gasteiger partial charge >= 0.3 is 0 Å². The molecule has 0 aliphatic carbocycles. The van der Waals surface area contributed by atoms with E-state index in [0.717, 1.165) is 11.3 Å². The van der Waals surface area contributed by atoms with Crippen molar-refractivity contribution in [2.24, 2.45) is 0 Å². The number of ether oxygens (including phenoxy) is 1. The predicted molar refractivity (Wildman–Crippen MR) is 77.6 cm³/mol. The first-order valence-corrected chi connectivity index (χ1v) is 6.39. The van der Waals surface area contributed by atoms with Crippen molar-refractivity contribution in [3.63, 3.8) is 0 Å². The number of nitrogens with one attached hydrogen (secondary N) is 1. The fraction of sp³-hybridized carbons (Fsp3) is 0.312. The number of nitrogens with zero attached hydrogens (tertiary/aromatic N) is 1. The number of pyridine rings is 1. The molecule has 3 heteroatoms. The maximum absolute atomic E-state index is 5.42. The van der Waals surface area contributed by atoms with Gasteiger partial charge < -0.3 is 10.1 Å². The zero-order valence-electron chi connectivity index (χ0n) is 11.9. The van der Waals surface area contributed by atoms with Crippen molar-refractivity contribution in [3.05, 3.63) is 58.9 Å². The van der Waals surface area contributed by atoms with Crippen molar-refractivity contribution >= 4 is 0 Å². The second-order valence-electron chi connectivity index (χ2n) is 4.70. The highest BCUT2D eigenvalue weighted by Gasteiger charge is 2.18. The van der Waals surface area contributed by atoms with E-state index in [1.165, 1.54) is 16.7 Å². The highest BCUT2D eigenvalue weighted by atomic mass is 16.5. The van der Waals surface area contributed by atoms with Gasteiger partial charge in [-0.2, -0.15) is 0 Å². The van der Waals surface area contributed by atoms with Gasteiger partial charge in [0.15, 0.2) is 0 Å². The number of hydrogen-bond acceptors (Lipinski definition) is 3. The smallest absolute Gasteiger partial charge is 0.142 e. The first-order valence-electron chi connectivity index (χ1n) is 6.39. The average molecular weight is 256 g/mol. The minimum Gasteiger partial charge on any atom is -0.495 e. The van der Waals surface area contributed by atoms with Gasteiger partial charge in [0.05, 0.1) is 19.3 Å². The molecular weight excluding hydrogens is 236 g/mol. The summed E-state index contributed by atoms with van der Waals surface area (Å²) < 4.78 is 5.42. The number of hydrogen-bond donors (Lipinski definition) is 1. The van der Waals surface area contributed by atoms with E-state index in [4.69, 9.17) is 4.74 Å². The monoisotopic (exact) mass is 256 g/mol. The van der Waals surface area contributed by atoms with E-state index in [1.807, 2.05) is 13.1 Å². The summed E-state index contributed by atoms with van der Waals surface area (Å²) in [6, 6.07) is 8.62. The lowest BCUT2D eigenvalue weighted by atomic mass is 9.94. The van der Waals surface area contributed by atoms with E-state index >= 15 is 0 Å². The summed E-state index contributed by atoms with van der Waals surface area (Å²) in [5.74, 6) is 0.808. The van der Waals surface area contributed by atoms with Gasteiger partial charge in [-0.3, -0.25) is 4.98 Å². The Morgan fingerprint density at radius 2 is 1.95 bits per heavy atom. The van der Waals surface area contributed by atoms with Gasteiger partial charge in [0.1, 0.15) is 5.75 Å². The highest BCUT2D eigenvalue weighted by Crippen LogP contribution is 2.31. The molecule has 1 aromatic heterocycles. The van der Waals surface area contributed by atoms with Crippen LogP contribution in [0.5, 0.6) is 5.75 Å². The van der Waals surface area contributed by atoms with Gasteiger partial charge in [-0.05, 0) is 38.1 Å². The topological polar surface area (TPSA) is 34.2 Å². The van der Waals surface area contributed by atoms with Crippen LogP contribution in [-0.2, 0) is 0 Å². The van der Waals surface area contributed by atoms with Crippen LogP contribution >= 0.6 is 0 Å². The van der Waals surface area contributed by atoms with Gasteiger partial charge in [0.25, 0.3) is 0 Å². The first-order chi connectivity index (χ1) is 9.17. The van der Waals surface area contributed by atoms with Crippen LogP contribution < -0.4 is 10.1 Å². The number of rotatable bonds is 4. The number of benzene rings is 1. The third kappa shape index (κ3) is 2.76. The van der Waals surface area contributed by atoms with E-state index in [0.29, 0.717) is 0 Å². The van der Waals surface area contributed by atoms with Crippen LogP contribution in [0.1, 0.15) is 28.3 Å². The number of aryl methyl sites for hydroxylation is 2. The predicted octanol–water partition coefficient (Wildman–Crippen LogP) is 3.02. The third-order valence-electron chi connectivity index (χ3n) is 3.38. The molecule has 3 nitrogen and oxygen atoms in total. The molecule has 0 amide bonds.